The number of nitrogens with one attached hydrogen (secondary N) is 1. The molecule has 0 saturated heterocycles. The number of quaternary nitrogens is 1. The van der Waals surface area contributed by atoms with Crippen LogP contribution in [0.4, 0.5) is 0 Å². The van der Waals surface area contributed by atoms with Crippen molar-refractivity contribution in [2.24, 2.45) is 0 Å². The van der Waals surface area contributed by atoms with Gasteiger partial charge >= 0.3 is 7.82 Å². The zero-order valence-corrected chi connectivity index (χ0v) is 52.7. The average Bonchev–Trinajstić information content (AvgIpc) is 3.42. The van der Waals surface area contributed by atoms with Crippen molar-refractivity contribution in [1.82, 2.24) is 5.32 Å². The van der Waals surface area contributed by atoms with Crippen LogP contribution in [0.5, 0.6) is 0 Å². The van der Waals surface area contributed by atoms with Gasteiger partial charge in [0.15, 0.2) is 0 Å². The van der Waals surface area contributed by atoms with Crippen molar-refractivity contribution < 1.29 is 32.9 Å². The van der Waals surface area contributed by atoms with Gasteiger partial charge in [-0.2, -0.15) is 0 Å². The molecular formula is C70H124N2O6P+. The summed E-state index contributed by atoms with van der Waals surface area (Å²) in [4.78, 5) is 23.4. The third-order valence-electron chi connectivity index (χ3n) is 13.9. The Bertz CT molecular complexity index is 1700. The van der Waals surface area contributed by atoms with E-state index in [1.165, 1.54) is 141 Å². The Morgan fingerprint density at radius 1 is 0.443 bits per heavy atom. The van der Waals surface area contributed by atoms with Crippen molar-refractivity contribution in [3.63, 3.8) is 0 Å². The lowest BCUT2D eigenvalue weighted by molar-refractivity contribution is -0.870. The van der Waals surface area contributed by atoms with Crippen LogP contribution in [-0.2, 0) is 18.4 Å². The summed E-state index contributed by atoms with van der Waals surface area (Å²) in [6.07, 6.45) is 88.8. The molecule has 0 aliphatic heterocycles. The minimum Gasteiger partial charge on any atom is -0.387 e. The molecule has 0 spiro atoms. The van der Waals surface area contributed by atoms with E-state index in [2.05, 4.69) is 129 Å². The minimum atomic E-state index is -4.36. The van der Waals surface area contributed by atoms with Gasteiger partial charge in [-0.3, -0.25) is 13.8 Å². The third-order valence-corrected chi connectivity index (χ3v) is 14.9. The summed E-state index contributed by atoms with van der Waals surface area (Å²) in [7, 11) is 1.56. The Kier molecular flexibility index (Phi) is 57.2. The van der Waals surface area contributed by atoms with E-state index in [9.17, 15) is 19.4 Å². The number of hydrogen-bond donors (Lipinski definition) is 3. The van der Waals surface area contributed by atoms with Crippen LogP contribution in [0.2, 0.25) is 0 Å². The minimum absolute atomic E-state index is 0.0551. The van der Waals surface area contributed by atoms with E-state index in [-0.39, 0.29) is 19.1 Å². The van der Waals surface area contributed by atoms with Crippen molar-refractivity contribution in [2.75, 3.05) is 40.9 Å². The van der Waals surface area contributed by atoms with Crippen molar-refractivity contribution in [3.8, 4) is 0 Å². The summed E-state index contributed by atoms with van der Waals surface area (Å²) in [5.74, 6) is -0.186. The molecule has 3 atom stereocenters. The van der Waals surface area contributed by atoms with E-state index in [0.29, 0.717) is 17.4 Å². The largest absolute Gasteiger partial charge is 0.472 e. The predicted octanol–water partition coefficient (Wildman–Crippen LogP) is 20.5. The maximum absolute atomic E-state index is 13.0. The summed E-state index contributed by atoms with van der Waals surface area (Å²) < 4.78 is 23.8. The molecule has 0 aromatic rings. The molecule has 0 saturated carbocycles. The molecule has 0 heterocycles. The van der Waals surface area contributed by atoms with Gasteiger partial charge in [0.1, 0.15) is 13.2 Å². The summed E-state index contributed by atoms with van der Waals surface area (Å²) in [5.41, 5.74) is 0. The second kappa shape index (κ2) is 59.5. The summed E-state index contributed by atoms with van der Waals surface area (Å²) in [6, 6.07) is -0.859. The summed E-state index contributed by atoms with van der Waals surface area (Å²) >= 11 is 0. The van der Waals surface area contributed by atoms with Crippen LogP contribution in [0.25, 0.3) is 0 Å². The maximum Gasteiger partial charge on any atom is 0.472 e. The molecule has 79 heavy (non-hydrogen) atoms. The molecule has 3 unspecified atom stereocenters. The van der Waals surface area contributed by atoms with Gasteiger partial charge < -0.3 is 19.8 Å². The molecule has 0 aromatic heterocycles. The predicted molar refractivity (Wildman–Crippen MR) is 345 cm³/mol. The normalized spacial score (nSPS) is 14.6. The first-order chi connectivity index (χ1) is 38.5. The lowest BCUT2D eigenvalue weighted by atomic mass is 10.0. The number of phosphoric acid groups is 1. The van der Waals surface area contributed by atoms with E-state index in [1.807, 2.05) is 27.2 Å². The number of aliphatic hydroxyl groups is 1. The number of nitrogens with zero attached hydrogens (tertiary/aromatic N) is 1. The van der Waals surface area contributed by atoms with Gasteiger partial charge in [0, 0.05) is 6.42 Å². The van der Waals surface area contributed by atoms with Crippen LogP contribution in [-0.4, -0.2) is 73.4 Å². The number of carbonyl (C=O) groups excluding carboxylic acids is 1. The first-order valence-corrected chi connectivity index (χ1v) is 33.9. The van der Waals surface area contributed by atoms with Crippen molar-refractivity contribution in [3.05, 3.63) is 122 Å². The van der Waals surface area contributed by atoms with Gasteiger partial charge in [0.25, 0.3) is 0 Å². The van der Waals surface area contributed by atoms with Crippen LogP contribution in [0.1, 0.15) is 264 Å². The zero-order chi connectivity index (χ0) is 57.7. The lowest BCUT2D eigenvalue weighted by Gasteiger charge is -2.25. The van der Waals surface area contributed by atoms with Crippen molar-refractivity contribution >= 4 is 13.7 Å². The molecule has 9 heteroatoms. The Labute approximate surface area is 488 Å². The highest BCUT2D eigenvalue weighted by Crippen LogP contribution is 2.43. The first kappa shape index (κ1) is 75.9. The molecular weight excluding hydrogens is 996 g/mol. The van der Waals surface area contributed by atoms with E-state index < -0.39 is 20.0 Å². The van der Waals surface area contributed by atoms with Gasteiger partial charge in [-0.1, -0.05) is 289 Å². The first-order valence-electron chi connectivity index (χ1n) is 32.4. The average molecular weight is 1120 g/mol. The van der Waals surface area contributed by atoms with Crippen LogP contribution >= 0.6 is 7.82 Å². The van der Waals surface area contributed by atoms with Gasteiger partial charge in [-0.15, -0.1) is 0 Å². The SMILES string of the molecule is CC/C=C\C/C=C\C/C=C\C/C=C\C/C=C\C/C=C\C/C=C\C/C=C\C/C=C\CCCCCCCCCCCC(=O)NC(COP(=O)(O)OCC[N+](C)(C)C)C(O)/C=C/CCCCCCCCCCCCCCCCCCCC. The fourth-order valence-electron chi connectivity index (χ4n) is 8.92. The van der Waals surface area contributed by atoms with Gasteiger partial charge in [-0.25, -0.2) is 4.57 Å². The number of amides is 1. The van der Waals surface area contributed by atoms with Gasteiger partial charge in [0.05, 0.1) is 39.9 Å². The Hall–Kier alpha value is -3.10. The number of rotatable bonds is 58. The second-order valence-corrected chi connectivity index (χ2v) is 24.2. The molecule has 0 radical (unpaired) electrons. The molecule has 454 valence electrons. The van der Waals surface area contributed by atoms with E-state index in [0.717, 1.165) is 103 Å². The van der Waals surface area contributed by atoms with Gasteiger partial charge in [0.2, 0.25) is 5.91 Å². The van der Waals surface area contributed by atoms with E-state index in [1.54, 1.807) is 6.08 Å². The maximum atomic E-state index is 13.0. The molecule has 0 bridgehead atoms. The molecule has 0 aromatic carbocycles. The summed E-state index contributed by atoms with van der Waals surface area (Å²) in [5, 5.41) is 14.0. The summed E-state index contributed by atoms with van der Waals surface area (Å²) in [6.45, 7) is 4.71. The number of hydrogen-bond acceptors (Lipinski definition) is 5. The number of likely N-dealkylation sites (N-methyl/N-ethyl adjacent to an activating group) is 1. The quantitative estimate of drug-likeness (QED) is 0.0243. The lowest BCUT2D eigenvalue weighted by Crippen LogP contribution is -2.45. The van der Waals surface area contributed by atoms with E-state index >= 15 is 0 Å². The number of carbonyl (C=O) groups is 1. The van der Waals surface area contributed by atoms with E-state index in [4.69, 9.17) is 9.05 Å². The standard InChI is InChI=1S/C70H123N2O6P/c1-6-8-10-12-14-16-18-20-22-24-26-28-29-30-31-32-33-34-35-36-37-38-39-40-41-42-43-44-46-48-50-52-54-56-58-60-62-64-70(74)71-68(67-78-79(75,76)77-66-65-72(3,4)5)69(73)63-61-59-57-55-53-51-49-47-45-27-25-23-21-19-17-15-13-11-9-7-2/h8,10,14,16,20,22,26,28,30-31,33-34,36-37,39-40,42-43,61,63,68-69,73H,6-7,9,11-13,15,17-19,21,23-25,27,29,32,35,38,41,44-60,62,64-67H2,1-5H3,(H-,71,74,75,76)/p+1/b10-8-,16-14-,22-20-,28-26-,31-30-,34-33-,37-36-,40-39-,43-42-,63-61+. The highest BCUT2D eigenvalue weighted by atomic mass is 31.2. The van der Waals surface area contributed by atoms with Crippen LogP contribution in [0.3, 0.4) is 0 Å². The fraction of sp³-hybridized carbons (Fsp3) is 0.700. The molecule has 0 aliphatic rings. The molecule has 8 nitrogen and oxygen atoms in total. The smallest absolute Gasteiger partial charge is 0.387 e. The monoisotopic (exact) mass is 1120 g/mol. The highest BCUT2D eigenvalue weighted by molar-refractivity contribution is 7.47. The Morgan fingerprint density at radius 2 is 0.759 bits per heavy atom. The fourth-order valence-corrected chi connectivity index (χ4v) is 9.65. The Morgan fingerprint density at radius 3 is 1.11 bits per heavy atom. The molecule has 0 aliphatic carbocycles. The molecule has 3 N–H and O–H groups in total. The molecule has 1 amide bonds. The topological polar surface area (TPSA) is 105 Å². The number of aliphatic hydroxyl groups excluding tert-OH is 1. The number of unbranched alkanes of at least 4 members (excludes halogenated alkanes) is 27. The third kappa shape index (κ3) is 62.4. The molecule has 0 rings (SSSR count). The van der Waals surface area contributed by atoms with Crippen LogP contribution in [0, 0.1) is 0 Å². The van der Waals surface area contributed by atoms with Crippen molar-refractivity contribution in [2.45, 2.75) is 276 Å². The zero-order valence-electron chi connectivity index (χ0n) is 51.8. The van der Waals surface area contributed by atoms with Crippen molar-refractivity contribution in [1.29, 1.82) is 0 Å². The number of allylic oxidation sites excluding steroid dienone is 19. The van der Waals surface area contributed by atoms with Crippen LogP contribution in [0.15, 0.2) is 122 Å². The van der Waals surface area contributed by atoms with Crippen LogP contribution < -0.4 is 5.32 Å². The van der Waals surface area contributed by atoms with Gasteiger partial charge in [-0.05, 0) is 89.9 Å². The highest BCUT2D eigenvalue weighted by Gasteiger charge is 2.27. The molecule has 0 fully saturated rings. The number of phosphoric ester groups is 1. The Balaban J connectivity index is 4.16. The second-order valence-electron chi connectivity index (χ2n) is 22.8.